The van der Waals surface area contributed by atoms with Gasteiger partial charge in [0.1, 0.15) is 5.75 Å². The van der Waals surface area contributed by atoms with Crippen LogP contribution in [0.2, 0.25) is 0 Å². The number of aliphatic hydroxyl groups excluding tert-OH is 1. The summed E-state index contributed by atoms with van der Waals surface area (Å²) in [5.41, 5.74) is 0.524. The summed E-state index contributed by atoms with van der Waals surface area (Å²) in [4.78, 5) is 32.6. The predicted octanol–water partition coefficient (Wildman–Crippen LogP) is -0.153. The summed E-state index contributed by atoms with van der Waals surface area (Å²) in [7, 11) is 0. The minimum atomic E-state index is -2.37. The van der Waals surface area contributed by atoms with Gasteiger partial charge in [0, 0.05) is 6.08 Å². The summed E-state index contributed by atoms with van der Waals surface area (Å²) < 4.78 is 4.37. The first-order chi connectivity index (χ1) is 9.81. The van der Waals surface area contributed by atoms with E-state index in [1.165, 1.54) is 30.3 Å². The first-order valence-corrected chi connectivity index (χ1v) is 5.62. The molecule has 0 radical (unpaired) electrons. The van der Waals surface area contributed by atoms with Crippen LogP contribution in [0.5, 0.6) is 5.75 Å². The fourth-order valence-corrected chi connectivity index (χ4v) is 1.29. The normalized spacial score (nSPS) is 13.6. The maximum atomic E-state index is 11.4. The Morgan fingerprint density at radius 2 is 1.62 bits per heavy atom. The second-order valence-corrected chi connectivity index (χ2v) is 3.90. The number of phenolic OH excluding ortho intramolecular Hbond substituents is 1. The van der Waals surface area contributed by atoms with Gasteiger partial charge in [0.25, 0.3) is 0 Å². The summed E-state index contributed by atoms with van der Waals surface area (Å²) in [6, 6.07) is 5.72. The van der Waals surface area contributed by atoms with Crippen LogP contribution >= 0.6 is 0 Å². The highest BCUT2D eigenvalue weighted by Crippen LogP contribution is 2.11. The summed E-state index contributed by atoms with van der Waals surface area (Å²) >= 11 is 0. The van der Waals surface area contributed by atoms with Gasteiger partial charge in [-0.1, -0.05) is 12.1 Å². The highest BCUT2D eigenvalue weighted by molar-refractivity contribution is 5.91. The average molecular weight is 296 g/mol. The SMILES string of the molecule is O=C(C=Cc1ccc(O)cc1)OC(C(=O)O)C(O)C(=O)O. The van der Waals surface area contributed by atoms with Crippen LogP contribution in [-0.2, 0) is 19.1 Å². The molecule has 8 nitrogen and oxygen atoms in total. The Balaban J connectivity index is 2.72. The maximum absolute atomic E-state index is 11.4. The quantitative estimate of drug-likeness (QED) is 0.419. The number of phenols is 1. The van der Waals surface area contributed by atoms with Crippen molar-refractivity contribution < 1.29 is 39.5 Å². The topological polar surface area (TPSA) is 141 Å². The fraction of sp³-hybridized carbons (Fsp3) is 0.154. The molecule has 0 aliphatic carbocycles. The number of aromatic hydroxyl groups is 1. The minimum Gasteiger partial charge on any atom is -0.508 e. The number of hydrogen-bond donors (Lipinski definition) is 4. The number of carbonyl (C=O) groups excluding carboxylic acids is 1. The third-order valence-corrected chi connectivity index (χ3v) is 2.33. The molecule has 2 atom stereocenters. The Labute approximate surface area is 118 Å². The predicted molar refractivity (Wildman–Crippen MR) is 68.3 cm³/mol. The van der Waals surface area contributed by atoms with Crippen molar-refractivity contribution in [2.24, 2.45) is 0 Å². The third-order valence-electron chi connectivity index (χ3n) is 2.33. The van der Waals surface area contributed by atoms with Crippen LogP contribution in [0.15, 0.2) is 30.3 Å². The van der Waals surface area contributed by atoms with E-state index in [2.05, 4.69) is 4.74 Å². The molecule has 0 saturated heterocycles. The van der Waals surface area contributed by atoms with Crippen molar-refractivity contribution in [3.05, 3.63) is 35.9 Å². The summed E-state index contributed by atoms with van der Waals surface area (Å²) in [5.74, 6) is -4.70. The zero-order valence-electron chi connectivity index (χ0n) is 10.5. The van der Waals surface area contributed by atoms with Gasteiger partial charge in [-0.05, 0) is 23.8 Å². The molecule has 0 bridgehead atoms. The molecule has 1 aromatic rings. The molecule has 21 heavy (non-hydrogen) atoms. The standard InChI is InChI=1S/C13H12O8/c14-8-4-1-7(2-5-8)3-6-9(15)21-11(13(19)20)10(16)12(17)18/h1-6,10-11,14,16H,(H,17,18)(H,19,20). The van der Waals surface area contributed by atoms with Gasteiger partial charge >= 0.3 is 17.9 Å². The van der Waals surface area contributed by atoms with Crippen LogP contribution < -0.4 is 0 Å². The Hall–Kier alpha value is -2.87. The van der Waals surface area contributed by atoms with Gasteiger partial charge in [-0.2, -0.15) is 0 Å². The number of carbonyl (C=O) groups is 3. The molecule has 1 aromatic carbocycles. The Morgan fingerprint density at radius 3 is 2.10 bits per heavy atom. The van der Waals surface area contributed by atoms with Gasteiger partial charge in [0.15, 0.2) is 6.10 Å². The molecule has 2 unspecified atom stereocenters. The largest absolute Gasteiger partial charge is 0.508 e. The summed E-state index contributed by atoms with van der Waals surface area (Å²) in [6.45, 7) is 0. The second kappa shape index (κ2) is 7.06. The van der Waals surface area contributed by atoms with Gasteiger partial charge in [0.05, 0.1) is 0 Å². The van der Waals surface area contributed by atoms with E-state index >= 15 is 0 Å². The lowest BCUT2D eigenvalue weighted by Gasteiger charge is -2.15. The molecule has 0 spiro atoms. The first-order valence-electron chi connectivity index (χ1n) is 5.62. The molecule has 0 fully saturated rings. The summed E-state index contributed by atoms with van der Waals surface area (Å²) in [6.07, 6.45) is -2.43. The van der Waals surface area contributed by atoms with Gasteiger partial charge in [-0.25, -0.2) is 14.4 Å². The molecule has 0 saturated carbocycles. The van der Waals surface area contributed by atoms with Crippen molar-refractivity contribution in [1.29, 1.82) is 0 Å². The van der Waals surface area contributed by atoms with Crippen LogP contribution in [0, 0.1) is 0 Å². The lowest BCUT2D eigenvalue weighted by Crippen LogP contribution is -2.42. The lowest BCUT2D eigenvalue weighted by molar-refractivity contribution is -0.176. The van der Waals surface area contributed by atoms with Crippen molar-refractivity contribution in [2.45, 2.75) is 12.2 Å². The monoisotopic (exact) mass is 296 g/mol. The van der Waals surface area contributed by atoms with E-state index in [0.717, 1.165) is 6.08 Å². The fourth-order valence-electron chi connectivity index (χ4n) is 1.29. The van der Waals surface area contributed by atoms with Crippen LogP contribution in [0.3, 0.4) is 0 Å². The van der Waals surface area contributed by atoms with Gasteiger partial charge in [0.2, 0.25) is 6.10 Å². The van der Waals surface area contributed by atoms with Gasteiger partial charge in [-0.3, -0.25) is 0 Å². The third kappa shape index (κ3) is 4.96. The molecule has 0 aromatic heterocycles. The summed E-state index contributed by atoms with van der Waals surface area (Å²) in [5, 5.41) is 35.4. The Bertz CT molecular complexity index is 560. The zero-order chi connectivity index (χ0) is 16.0. The number of esters is 1. The molecule has 0 aliphatic rings. The van der Waals surface area contributed by atoms with Crippen molar-refractivity contribution in [1.82, 2.24) is 0 Å². The first kappa shape index (κ1) is 16.2. The molecule has 0 aliphatic heterocycles. The number of hydrogen-bond acceptors (Lipinski definition) is 6. The van der Waals surface area contributed by atoms with Crippen molar-refractivity contribution >= 4 is 24.0 Å². The highest BCUT2D eigenvalue weighted by atomic mass is 16.6. The number of rotatable bonds is 6. The molecule has 0 amide bonds. The van der Waals surface area contributed by atoms with Gasteiger partial charge < -0.3 is 25.2 Å². The molecule has 112 valence electrons. The molecular formula is C13H12O8. The lowest BCUT2D eigenvalue weighted by atomic mass is 10.2. The van der Waals surface area contributed by atoms with Crippen LogP contribution in [0.4, 0.5) is 0 Å². The molecule has 0 heterocycles. The van der Waals surface area contributed by atoms with Crippen LogP contribution in [0.1, 0.15) is 5.56 Å². The number of ether oxygens (including phenoxy) is 1. The van der Waals surface area contributed by atoms with E-state index < -0.39 is 30.1 Å². The van der Waals surface area contributed by atoms with Crippen molar-refractivity contribution in [3.8, 4) is 5.75 Å². The molecule has 1 rings (SSSR count). The average Bonchev–Trinajstić information content (AvgIpc) is 2.43. The Morgan fingerprint density at radius 1 is 1.05 bits per heavy atom. The maximum Gasteiger partial charge on any atom is 0.348 e. The van der Waals surface area contributed by atoms with E-state index in [0.29, 0.717) is 5.56 Å². The van der Waals surface area contributed by atoms with Gasteiger partial charge in [-0.15, -0.1) is 0 Å². The number of carboxylic acid groups (broad SMARTS) is 2. The molecular weight excluding hydrogens is 284 g/mol. The van der Waals surface area contributed by atoms with Crippen LogP contribution in [-0.4, -0.2) is 50.5 Å². The van der Waals surface area contributed by atoms with E-state index in [1.54, 1.807) is 0 Å². The van der Waals surface area contributed by atoms with Crippen molar-refractivity contribution in [2.75, 3.05) is 0 Å². The number of aliphatic carboxylic acids is 2. The smallest absolute Gasteiger partial charge is 0.348 e. The Kier molecular flexibility index (Phi) is 5.44. The molecule has 4 N–H and O–H groups in total. The van der Waals surface area contributed by atoms with E-state index in [9.17, 15) is 14.4 Å². The number of carboxylic acids is 2. The van der Waals surface area contributed by atoms with Crippen LogP contribution in [0.25, 0.3) is 6.08 Å². The number of benzene rings is 1. The zero-order valence-corrected chi connectivity index (χ0v) is 10.5. The highest BCUT2D eigenvalue weighted by Gasteiger charge is 2.35. The molecule has 8 heteroatoms. The van der Waals surface area contributed by atoms with E-state index in [1.807, 2.05) is 0 Å². The van der Waals surface area contributed by atoms with E-state index in [-0.39, 0.29) is 5.75 Å². The minimum absolute atomic E-state index is 0.0326. The van der Waals surface area contributed by atoms with E-state index in [4.69, 9.17) is 20.4 Å². The number of aliphatic hydroxyl groups is 1. The second-order valence-electron chi connectivity index (χ2n) is 3.90. The van der Waals surface area contributed by atoms with Crippen molar-refractivity contribution in [3.63, 3.8) is 0 Å².